The minimum Gasteiger partial charge on any atom is -0.409 e. The second-order valence-electron chi connectivity index (χ2n) is 3.14. The Balaban J connectivity index is 3.09. The third kappa shape index (κ3) is 3.15. The molecule has 0 fully saturated rings. The average Bonchev–Trinajstić information content (AvgIpc) is 2.36. The van der Waals surface area contributed by atoms with Crippen LogP contribution < -0.4 is 10.5 Å². The molecule has 18 heavy (non-hydrogen) atoms. The smallest absolute Gasteiger partial charge is 0.289 e. The number of nitrogens with zero attached hydrogens (tertiary/aromatic N) is 2. The van der Waals surface area contributed by atoms with E-state index in [1.54, 1.807) is 0 Å². The second kappa shape index (κ2) is 5.42. The molecule has 1 aromatic carbocycles. The SMILES string of the molecule is N/C(CNS(=O)(=O)c1ccccc1[N+](=O)[O-])=N\O. The molecule has 0 spiro atoms. The van der Waals surface area contributed by atoms with Crippen LogP contribution in [0, 0.1) is 10.1 Å². The summed E-state index contributed by atoms with van der Waals surface area (Å²) in [6, 6.07) is 4.86. The normalized spacial score (nSPS) is 12.3. The minimum atomic E-state index is -4.10. The van der Waals surface area contributed by atoms with Gasteiger partial charge < -0.3 is 10.9 Å². The molecule has 1 aromatic rings. The Kier molecular flexibility index (Phi) is 4.18. The molecule has 0 aromatic heterocycles. The zero-order chi connectivity index (χ0) is 13.8. The number of nitrogens with one attached hydrogen (secondary N) is 1. The van der Waals surface area contributed by atoms with Crippen LogP contribution in [0.5, 0.6) is 0 Å². The predicted molar refractivity (Wildman–Crippen MR) is 61.7 cm³/mol. The number of benzene rings is 1. The van der Waals surface area contributed by atoms with Crippen molar-refractivity contribution in [2.75, 3.05) is 6.54 Å². The maximum Gasteiger partial charge on any atom is 0.289 e. The third-order valence-corrected chi connectivity index (χ3v) is 3.37. The molecule has 0 radical (unpaired) electrons. The molecule has 4 N–H and O–H groups in total. The Labute approximate surface area is 102 Å². The number of amidine groups is 1. The number of nitro benzene ring substituents is 1. The van der Waals surface area contributed by atoms with E-state index in [0.29, 0.717) is 0 Å². The zero-order valence-electron chi connectivity index (χ0n) is 8.98. The van der Waals surface area contributed by atoms with Gasteiger partial charge in [-0.1, -0.05) is 17.3 Å². The Morgan fingerprint density at radius 3 is 2.67 bits per heavy atom. The lowest BCUT2D eigenvalue weighted by atomic mass is 10.3. The lowest BCUT2D eigenvalue weighted by Gasteiger charge is -2.06. The van der Waals surface area contributed by atoms with Crippen molar-refractivity contribution >= 4 is 21.5 Å². The maximum absolute atomic E-state index is 11.8. The fraction of sp³-hybridized carbons (Fsp3) is 0.125. The van der Waals surface area contributed by atoms with Gasteiger partial charge in [-0.15, -0.1) is 0 Å². The van der Waals surface area contributed by atoms with E-state index in [-0.39, 0.29) is 5.84 Å². The van der Waals surface area contributed by atoms with Crippen molar-refractivity contribution in [1.29, 1.82) is 0 Å². The number of sulfonamides is 1. The van der Waals surface area contributed by atoms with Gasteiger partial charge in [0, 0.05) is 6.07 Å². The molecular formula is C8H10N4O5S. The van der Waals surface area contributed by atoms with Gasteiger partial charge in [0.25, 0.3) is 5.69 Å². The molecule has 0 saturated carbocycles. The number of nitro groups is 1. The summed E-state index contributed by atoms with van der Waals surface area (Å²) >= 11 is 0. The molecule has 0 aliphatic heterocycles. The molecule has 10 heteroatoms. The third-order valence-electron chi connectivity index (χ3n) is 1.92. The van der Waals surface area contributed by atoms with Crippen molar-refractivity contribution in [3.63, 3.8) is 0 Å². The molecule has 0 saturated heterocycles. The van der Waals surface area contributed by atoms with Crippen LogP contribution in [0.25, 0.3) is 0 Å². The van der Waals surface area contributed by atoms with Crippen LogP contribution in [0.2, 0.25) is 0 Å². The summed E-state index contributed by atoms with van der Waals surface area (Å²) in [5.41, 5.74) is 4.54. The molecule has 0 aliphatic rings. The topological polar surface area (TPSA) is 148 Å². The monoisotopic (exact) mass is 274 g/mol. The largest absolute Gasteiger partial charge is 0.409 e. The van der Waals surface area contributed by atoms with E-state index in [1.807, 2.05) is 4.72 Å². The van der Waals surface area contributed by atoms with Gasteiger partial charge in [0.1, 0.15) is 0 Å². The molecular weight excluding hydrogens is 264 g/mol. The number of rotatable bonds is 5. The fourth-order valence-electron chi connectivity index (χ4n) is 1.12. The van der Waals surface area contributed by atoms with Crippen LogP contribution >= 0.6 is 0 Å². The first-order chi connectivity index (χ1) is 8.38. The van der Waals surface area contributed by atoms with E-state index in [1.165, 1.54) is 12.1 Å². The van der Waals surface area contributed by atoms with Crippen LogP contribution in [0.3, 0.4) is 0 Å². The summed E-state index contributed by atoms with van der Waals surface area (Å²) in [5, 5.41) is 21.5. The lowest BCUT2D eigenvalue weighted by Crippen LogP contribution is -2.33. The summed E-state index contributed by atoms with van der Waals surface area (Å²) in [7, 11) is -4.10. The Morgan fingerprint density at radius 1 is 1.50 bits per heavy atom. The Morgan fingerprint density at radius 2 is 2.11 bits per heavy atom. The van der Waals surface area contributed by atoms with Gasteiger partial charge in [0.05, 0.1) is 11.5 Å². The van der Waals surface area contributed by atoms with Crippen LogP contribution in [-0.2, 0) is 10.0 Å². The van der Waals surface area contributed by atoms with Gasteiger partial charge in [0.2, 0.25) is 10.0 Å². The summed E-state index contributed by atoms with van der Waals surface area (Å²) < 4.78 is 25.5. The molecule has 0 aliphatic carbocycles. The van der Waals surface area contributed by atoms with Gasteiger partial charge >= 0.3 is 0 Å². The van der Waals surface area contributed by atoms with Crippen molar-refractivity contribution in [2.45, 2.75) is 4.90 Å². The quantitative estimate of drug-likeness (QED) is 0.219. The van der Waals surface area contributed by atoms with E-state index < -0.39 is 32.1 Å². The standard InChI is InChI=1S/C8H10N4O5S/c9-8(11-13)5-10-18(16,17)7-4-2-1-3-6(7)12(14)15/h1-4,10,13H,5H2,(H2,9,11). The first-order valence-corrected chi connectivity index (χ1v) is 6.06. The van der Waals surface area contributed by atoms with Crippen LogP contribution in [-0.4, -0.2) is 30.9 Å². The van der Waals surface area contributed by atoms with Crippen molar-refractivity contribution < 1.29 is 18.5 Å². The van der Waals surface area contributed by atoms with E-state index in [2.05, 4.69) is 5.16 Å². The highest BCUT2D eigenvalue weighted by Crippen LogP contribution is 2.22. The van der Waals surface area contributed by atoms with Crippen LogP contribution in [0.15, 0.2) is 34.3 Å². The van der Waals surface area contributed by atoms with Gasteiger partial charge in [-0.25, -0.2) is 13.1 Å². The highest BCUT2D eigenvalue weighted by Gasteiger charge is 2.24. The van der Waals surface area contributed by atoms with E-state index in [9.17, 15) is 18.5 Å². The van der Waals surface area contributed by atoms with Gasteiger partial charge in [-0.2, -0.15) is 0 Å². The van der Waals surface area contributed by atoms with Crippen molar-refractivity contribution in [1.82, 2.24) is 4.72 Å². The van der Waals surface area contributed by atoms with Crippen molar-refractivity contribution in [3.8, 4) is 0 Å². The number of oxime groups is 1. The molecule has 0 amide bonds. The van der Waals surface area contributed by atoms with E-state index in [0.717, 1.165) is 12.1 Å². The van der Waals surface area contributed by atoms with Crippen molar-refractivity contribution in [3.05, 3.63) is 34.4 Å². The average molecular weight is 274 g/mol. The molecule has 1 rings (SSSR count). The number of hydrogen-bond acceptors (Lipinski definition) is 6. The van der Waals surface area contributed by atoms with Gasteiger partial charge in [-0.3, -0.25) is 10.1 Å². The van der Waals surface area contributed by atoms with Gasteiger partial charge in [0.15, 0.2) is 10.7 Å². The summed E-state index contributed by atoms with van der Waals surface area (Å²) in [6.07, 6.45) is 0. The van der Waals surface area contributed by atoms with Crippen LogP contribution in [0.1, 0.15) is 0 Å². The Hall–Kier alpha value is -2.20. The van der Waals surface area contributed by atoms with Crippen LogP contribution in [0.4, 0.5) is 5.69 Å². The summed E-state index contributed by atoms with van der Waals surface area (Å²) in [4.78, 5) is 9.39. The first kappa shape index (κ1) is 13.9. The molecule has 0 atom stereocenters. The predicted octanol–water partition coefficient (Wildman–Crippen LogP) is -0.380. The highest BCUT2D eigenvalue weighted by atomic mass is 32.2. The molecule has 9 nitrogen and oxygen atoms in total. The van der Waals surface area contributed by atoms with Crippen molar-refractivity contribution in [2.24, 2.45) is 10.9 Å². The van der Waals surface area contributed by atoms with E-state index in [4.69, 9.17) is 10.9 Å². The van der Waals surface area contributed by atoms with Gasteiger partial charge in [-0.05, 0) is 6.07 Å². The summed E-state index contributed by atoms with van der Waals surface area (Å²) in [5.74, 6) is -0.364. The Bertz CT molecular complexity index is 583. The fourth-order valence-corrected chi connectivity index (χ4v) is 2.29. The molecule has 0 bridgehead atoms. The molecule has 0 unspecified atom stereocenters. The number of para-hydroxylation sites is 1. The number of nitrogens with two attached hydrogens (primary N) is 1. The number of hydrogen-bond donors (Lipinski definition) is 3. The second-order valence-corrected chi connectivity index (χ2v) is 4.88. The minimum absolute atomic E-state index is 0.364. The van der Waals surface area contributed by atoms with E-state index >= 15 is 0 Å². The molecule has 98 valence electrons. The molecule has 0 heterocycles. The first-order valence-electron chi connectivity index (χ1n) is 4.58. The zero-order valence-corrected chi connectivity index (χ0v) is 9.79. The summed E-state index contributed by atoms with van der Waals surface area (Å²) in [6.45, 7) is -0.453. The highest BCUT2D eigenvalue weighted by molar-refractivity contribution is 7.89. The maximum atomic E-state index is 11.8. The lowest BCUT2D eigenvalue weighted by molar-refractivity contribution is -0.387.